The fourth-order valence-electron chi connectivity index (χ4n) is 1.35. The van der Waals surface area contributed by atoms with E-state index in [0.29, 0.717) is 5.56 Å². The van der Waals surface area contributed by atoms with Gasteiger partial charge in [0, 0.05) is 12.4 Å². The number of hydrogen-bond donors (Lipinski definition) is 1. The molecule has 0 bridgehead atoms. The van der Waals surface area contributed by atoms with Crippen molar-refractivity contribution in [3.8, 4) is 0 Å². The molecule has 0 radical (unpaired) electrons. The van der Waals surface area contributed by atoms with Crippen molar-refractivity contribution in [2.24, 2.45) is 0 Å². The lowest BCUT2D eigenvalue weighted by Gasteiger charge is -2.06. The van der Waals surface area contributed by atoms with Crippen LogP contribution in [0.5, 0.6) is 0 Å². The van der Waals surface area contributed by atoms with Crippen molar-refractivity contribution in [2.75, 3.05) is 4.72 Å². The van der Waals surface area contributed by atoms with Crippen molar-refractivity contribution in [3.63, 3.8) is 0 Å². The van der Waals surface area contributed by atoms with E-state index in [-0.39, 0.29) is 11.6 Å². The highest BCUT2D eigenvalue weighted by Crippen LogP contribution is 2.10. The van der Waals surface area contributed by atoms with Gasteiger partial charge in [0.25, 0.3) is 0 Å². The van der Waals surface area contributed by atoms with Crippen molar-refractivity contribution < 1.29 is 12.8 Å². The Morgan fingerprint density at radius 3 is 2.50 bits per heavy atom. The maximum absolute atomic E-state index is 12.7. The molecule has 2 rings (SSSR count). The van der Waals surface area contributed by atoms with Crippen LogP contribution in [0.1, 0.15) is 5.56 Å². The maximum atomic E-state index is 12.7. The lowest BCUT2D eigenvalue weighted by Crippen LogP contribution is -2.16. The van der Waals surface area contributed by atoms with Crippen LogP contribution in [0.25, 0.3) is 0 Å². The Morgan fingerprint density at radius 2 is 1.89 bits per heavy atom. The minimum atomic E-state index is -3.58. The van der Waals surface area contributed by atoms with Gasteiger partial charge in [0.05, 0.1) is 11.9 Å². The van der Waals surface area contributed by atoms with Crippen LogP contribution >= 0.6 is 0 Å². The Balaban J connectivity index is 2.10. The normalized spacial score (nSPS) is 11.2. The Kier molecular flexibility index (Phi) is 3.52. The van der Waals surface area contributed by atoms with Crippen LogP contribution in [-0.2, 0) is 15.8 Å². The molecule has 0 saturated heterocycles. The van der Waals surface area contributed by atoms with E-state index < -0.39 is 15.8 Å². The summed E-state index contributed by atoms with van der Waals surface area (Å²) < 4.78 is 38.5. The summed E-state index contributed by atoms with van der Waals surface area (Å²) in [5, 5.41) is 0. The predicted octanol–water partition coefficient (Wildman–Crippen LogP) is 1.56. The minimum absolute atomic E-state index is 0.152. The predicted molar refractivity (Wildman–Crippen MR) is 64.7 cm³/mol. The monoisotopic (exact) mass is 267 g/mol. The van der Waals surface area contributed by atoms with Crippen LogP contribution in [-0.4, -0.2) is 18.4 Å². The van der Waals surface area contributed by atoms with Crippen molar-refractivity contribution in [1.82, 2.24) is 9.97 Å². The molecular weight excluding hydrogens is 257 g/mol. The van der Waals surface area contributed by atoms with Gasteiger partial charge in [0.1, 0.15) is 5.82 Å². The topological polar surface area (TPSA) is 72.0 Å². The molecule has 1 heterocycles. The molecule has 18 heavy (non-hydrogen) atoms. The summed E-state index contributed by atoms with van der Waals surface area (Å²) in [6.45, 7) is 0. The highest BCUT2D eigenvalue weighted by molar-refractivity contribution is 7.91. The highest BCUT2D eigenvalue weighted by Gasteiger charge is 2.12. The highest BCUT2D eigenvalue weighted by atomic mass is 32.2. The first-order chi connectivity index (χ1) is 8.55. The first kappa shape index (κ1) is 12.4. The van der Waals surface area contributed by atoms with Crippen molar-refractivity contribution in [2.45, 2.75) is 5.75 Å². The average molecular weight is 267 g/mol. The molecule has 0 aliphatic rings. The Morgan fingerprint density at radius 1 is 1.17 bits per heavy atom. The van der Waals surface area contributed by atoms with E-state index in [0.717, 1.165) is 0 Å². The Hall–Kier alpha value is -2.02. The summed E-state index contributed by atoms with van der Waals surface area (Å²) in [6, 6.07) is 5.27. The van der Waals surface area contributed by atoms with Gasteiger partial charge in [-0.15, -0.1) is 0 Å². The number of aromatic nitrogens is 2. The quantitative estimate of drug-likeness (QED) is 0.912. The van der Waals surface area contributed by atoms with E-state index in [1.807, 2.05) is 0 Å². The minimum Gasteiger partial charge on any atom is -0.266 e. The van der Waals surface area contributed by atoms with Gasteiger partial charge in [0.15, 0.2) is 5.82 Å². The number of benzene rings is 1. The van der Waals surface area contributed by atoms with Gasteiger partial charge < -0.3 is 0 Å². The molecule has 0 spiro atoms. The standard InChI is InChI=1S/C11H10FN3O2S/c12-10-3-1-9(2-4-10)8-18(16,17)15-11-7-13-5-6-14-11/h1-7H,8H2,(H,14,15). The maximum Gasteiger partial charge on any atom is 0.238 e. The summed E-state index contributed by atoms with van der Waals surface area (Å²) in [4.78, 5) is 7.56. The molecule has 5 nitrogen and oxygen atoms in total. The Labute approximate surface area is 104 Å². The molecule has 1 aromatic heterocycles. The lowest BCUT2D eigenvalue weighted by atomic mass is 10.2. The molecule has 0 aliphatic carbocycles. The van der Waals surface area contributed by atoms with Gasteiger partial charge in [-0.05, 0) is 17.7 Å². The molecular formula is C11H10FN3O2S. The van der Waals surface area contributed by atoms with Crippen molar-refractivity contribution in [1.29, 1.82) is 0 Å². The van der Waals surface area contributed by atoms with E-state index >= 15 is 0 Å². The molecule has 1 N–H and O–H groups in total. The molecule has 94 valence electrons. The largest absolute Gasteiger partial charge is 0.266 e. The SMILES string of the molecule is O=S(=O)(Cc1ccc(F)cc1)Nc1cnccn1. The van der Waals surface area contributed by atoms with Gasteiger partial charge >= 0.3 is 0 Å². The fraction of sp³-hybridized carbons (Fsp3) is 0.0909. The number of hydrogen-bond acceptors (Lipinski definition) is 4. The summed E-state index contributed by atoms with van der Waals surface area (Å²) in [6.07, 6.45) is 4.13. The molecule has 7 heteroatoms. The van der Waals surface area contributed by atoms with Gasteiger partial charge in [0.2, 0.25) is 10.0 Å². The van der Waals surface area contributed by atoms with Crippen LogP contribution in [0.4, 0.5) is 10.2 Å². The fourth-order valence-corrected chi connectivity index (χ4v) is 2.47. The first-order valence-electron chi connectivity index (χ1n) is 5.06. The van der Waals surface area contributed by atoms with Crippen LogP contribution in [0.15, 0.2) is 42.9 Å². The third kappa shape index (κ3) is 3.49. The number of anilines is 1. The number of sulfonamides is 1. The molecule has 2 aromatic rings. The third-order valence-corrected chi connectivity index (χ3v) is 3.33. The van der Waals surface area contributed by atoms with Gasteiger partial charge in [-0.25, -0.2) is 17.8 Å². The van der Waals surface area contributed by atoms with E-state index in [2.05, 4.69) is 14.7 Å². The van der Waals surface area contributed by atoms with Crippen LogP contribution in [0.3, 0.4) is 0 Å². The average Bonchev–Trinajstić information content (AvgIpc) is 2.32. The van der Waals surface area contributed by atoms with Crippen LogP contribution in [0.2, 0.25) is 0 Å². The smallest absolute Gasteiger partial charge is 0.238 e. The summed E-state index contributed by atoms with van der Waals surface area (Å²) in [5.41, 5.74) is 0.493. The molecule has 0 saturated carbocycles. The van der Waals surface area contributed by atoms with E-state index in [1.165, 1.54) is 42.9 Å². The van der Waals surface area contributed by atoms with Crippen molar-refractivity contribution >= 4 is 15.8 Å². The van der Waals surface area contributed by atoms with Crippen LogP contribution < -0.4 is 4.72 Å². The van der Waals surface area contributed by atoms with E-state index in [4.69, 9.17) is 0 Å². The zero-order valence-corrected chi connectivity index (χ0v) is 10.1. The second-order valence-corrected chi connectivity index (χ2v) is 5.30. The molecule has 0 aliphatic heterocycles. The Bertz CT molecular complexity index is 614. The molecule has 0 unspecified atom stereocenters. The molecule has 0 atom stereocenters. The number of halogens is 1. The summed E-state index contributed by atoms with van der Waals surface area (Å²) in [5.74, 6) is -0.498. The molecule has 0 fully saturated rings. The number of nitrogens with one attached hydrogen (secondary N) is 1. The second-order valence-electron chi connectivity index (χ2n) is 3.58. The molecule has 0 amide bonds. The second kappa shape index (κ2) is 5.09. The zero-order chi connectivity index (χ0) is 13.0. The summed E-state index contributed by atoms with van der Waals surface area (Å²) in [7, 11) is -3.58. The number of rotatable bonds is 4. The van der Waals surface area contributed by atoms with E-state index in [9.17, 15) is 12.8 Å². The van der Waals surface area contributed by atoms with Crippen LogP contribution in [0, 0.1) is 5.82 Å². The third-order valence-electron chi connectivity index (χ3n) is 2.09. The van der Waals surface area contributed by atoms with E-state index in [1.54, 1.807) is 0 Å². The van der Waals surface area contributed by atoms with Gasteiger partial charge in [-0.3, -0.25) is 9.71 Å². The first-order valence-corrected chi connectivity index (χ1v) is 6.71. The summed E-state index contributed by atoms with van der Waals surface area (Å²) >= 11 is 0. The molecule has 1 aromatic carbocycles. The van der Waals surface area contributed by atoms with Gasteiger partial charge in [-0.1, -0.05) is 12.1 Å². The zero-order valence-electron chi connectivity index (χ0n) is 9.25. The van der Waals surface area contributed by atoms with Gasteiger partial charge in [-0.2, -0.15) is 0 Å². The lowest BCUT2D eigenvalue weighted by molar-refractivity contribution is 0.599. The van der Waals surface area contributed by atoms with Crippen molar-refractivity contribution in [3.05, 3.63) is 54.2 Å². The number of nitrogens with zero attached hydrogens (tertiary/aromatic N) is 2.